The molecular formula is C13H21N3O. The van der Waals surface area contributed by atoms with Crippen LogP contribution in [0.3, 0.4) is 0 Å². The minimum absolute atomic E-state index is 0.00222. The van der Waals surface area contributed by atoms with Crippen molar-refractivity contribution in [2.45, 2.75) is 46.6 Å². The second-order valence-electron chi connectivity index (χ2n) is 5.91. The summed E-state index contributed by atoms with van der Waals surface area (Å²) in [6.45, 7) is 8.18. The van der Waals surface area contributed by atoms with E-state index in [-0.39, 0.29) is 11.0 Å². The van der Waals surface area contributed by atoms with Crippen LogP contribution in [-0.2, 0) is 13.0 Å². The maximum absolute atomic E-state index is 11.9. The number of fused-ring (bicyclic) bond motifs is 1. The Kier molecular flexibility index (Phi) is 3.22. The summed E-state index contributed by atoms with van der Waals surface area (Å²) < 4.78 is 1.61. The number of nitrogens with zero attached hydrogens (tertiary/aromatic N) is 2. The van der Waals surface area contributed by atoms with Crippen LogP contribution < -0.4 is 10.9 Å². The largest absolute Gasteiger partial charge is 0.383 e. The molecule has 17 heavy (non-hydrogen) atoms. The Morgan fingerprint density at radius 1 is 1.47 bits per heavy atom. The van der Waals surface area contributed by atoms with Crippen molar-refractivity contribution in [3.63, 3.8) is 0 Å². The maximum Gasteiger partial charge on any atom is 0.268 e. The highest BCUT2D eigenvalue weighted by Crippen LogP contribution is 2.20. The Hall–Kier alpha value is -1.32. The minimum atomic E-state index is 0.00222. The monoisotopic (exact) mass is 235 g/mol. The fraction of sp³-hybridized carbons (Fsp3) is 0.692. The quantitative estimate of drug-likeness (QED) is 0.853. The number of rotatable bonds is 2. The second kappa shape index (κ2) is 4.51. The summed E-state index contributed by atoms with van der Waals surface area (Å²) in [6.07, 6.45) is 3.03. The summed E-state index contributed by atoms with van der Waals surface area (Å²) in [6, 6.07) is 1.68. The molecule has 0 amide bonds. The third kappa shape index (κ3) is 3.08. The number of aromatic nitrogens is 2. The molecule has 2 heterocycles. The van der Waals surface area contributed by atoms with Gasteiger partial charge < -0.3 is 5.32 Å². The molecule has 0 bridgehead atoms. The van der Waals surface area contributed by atoms with Crippen molar-refractivity contribution >= 4 is 5.69 Å². The van der Waals surface area contributed by atoms with E-state index >= 15 is 0 Å². The summed E-state index contributed by atoms with van der Waals surface area (Å²) in [5, 5.41) is 7.68. The Balaban J connectivity index is 2.20. The third-order valence-electron chi connectivity index (χ3n) is 3.05. The van der Waals surface area contributed by atoms with Gasteiger partial charge >= 0.3 is 0 Å². The fourth-order valence-electron chi connectivity index (χ4n) is 1.95. The molecule has 0 spiro atoms. The van der Waals surface area contributed by atoms with E-state index in [0.29, 0.717) is 6.54 Å². The number of hydrogen-bond acceptors (Lipinski definition) is 3. The van der Waals surface area contributed by atoms with Crippen molar-refractivity contribution in [3.05, 3.63) is 22.1 Å². The first-order valence-electron chi connectivity index (χ1n) is 6.31. The molecule has 4 nitrogen and oxygen atoms in total. The molecule has 0 radical (unpaired) electrons. The van der Waals surface area contributed by atoms with E-state index in [4.69, 9.17) is 0 Å². The number of aryl methyl sites for hydroxylation is 2. The lowest BCUT2D eigenvalue weighted by atomic mass is 9.92. The van der Waals surface area contributed by atoms with Crippen LogP contribution in [0.4, 0.5) is 5.69 Å². The zero-order chi connectivity index (χ0) is 12.5. The summed E-state index contributed by atoms with van der Waals surface area (Å²) >= 11 is 0. The van der Waals surface area contributed by atoms with Gasteiger partial charge in [-0.1, -0.05) is 20.8 Å². The van der Waals surface area contributed by atoms with Crippen LogP contribution in [0.5, 0.6) is 0 Å². The Morgan fingerprint density at radius 2 is 2.24 bits per heavy atom. The summed E-state index contributed by atoms with van der Waals surface area (Å²) in [4.78, 5) is 11.9. The lowest BCUT2D eigenvalue weighted by Crippen LogP contribution is -2.28. The van der Waals surface area contributed by atoms with Gasteiger partial charge in [-0.2, -0.15) is 5.10 Å². The SMILES string of the molecule is CC(C)(C)CCn1nc2c(cc1=O)NCCC2. The molecule has 1 aliphatic rings. The van der Waals surface area contributed by atoms with Gasteiger partial charge in [0.2, 0.25) is 0 Å². The summed E-state index contributed by atoms with van der Waals surface area (Å²) in [7, 11) is 0. The highest BCUT2D eigenvalue weighted by atomic mass is 16.1. The van der Waals surface area contributed by atoms with Gasteiger partial charge in [0.1, 0.15) is 0 Å². The van der Waals surface area contributed by atoms with Gasteiger partial charge in [-0.25, -0.2) is 4.68 Å². The van der Waals surface area contributed by atoms with E-state index in [1.54, 1.807) is 10.7 Å². The third-order valence-corrected chi connectivity index (χ3v) is 3.05. The predicted octanol–water partition coefficient (Wildman–Crippen LogP) is 2.04. The van der Waals surface area contributed by atoms with Crippen molar-refractivity contribution < 1.29 is 0 Å². The van der Waals surface area contributed by atoms with Gasteiger partial charge in [-0.15, -0.1) is 0 Å². The van der Waals surface area contributed by atoms with E-state index in [1.165, 1.54) is 0 Å². The van der Waals surface area contributed by atoms with Gasteiger partial charge in [-0.05, 0) is 24.7 Å². The van der Waals surface area contributed by atoms with E-state index in [2.05, 4.69) is 31.2 Å². The molecule has 0 saturated heterocycles. The molecule has 0 unspecified atom stereocenters. The molecule has 0 saturated carbocycles. The first-order valence-corrected chi connectivity index (χ1v) is 6.31. The van der Waals surface area contributed by atoms with Crippen molar-refractivity contribution in [1.82, 2.24) is 9.78 Å². The molecular weight excluding hydrogens is 214 g/mol. The standard InChI is InChI=1S/C13H21N3O/c1-13(2,3)6-8-16-12(17)9-11-10(15-16)5-4-7-14-11/h9,14H,4-8H2,1-3H3. The Labute approximate surface area is 102 Å². The average molecular weight is 235 g/mol. The van der Waals surface area contributed by atoms with Crippen molar-refractivity contribution in [1.29, 1.82) is 0 Å². The van der Waals surface area contributed by atoms with Crippen molar-refractivity contribution in [2.75, 3.05) is 11.9 Å². The number of hydrogen-bond donors (Lipinski definition) is 1. The minimum Gasteiger partial charge on any atom is -0.383 e. The predicted molar refractivity (Wildman–Crippen MR) is 69.4 cm³/mol. The van der Waals surface area contributed by atoms with Gasteiger partial charge in [0.15, 0.2) is 0 Å². The Morgan fingerprint density at radius 3 is 2.94 bits per heavy atom. The zero-order valence-corrected chi connectivity index (χ0v) is 10.9. The highest BCUT2D eigenvalue weighted by molar-refractivity contribution is 5.48. The highest BCUT2D eigenvalue weighted by Gasteiger charge is 2.15. The molecule has 0 aliphatic carbocycles. The van der Waals surface area contributed by atoms with Gasteiger partial charge in [0.25, 0.3) is 5.56 Å². The molecule has 1 aliphatic heterocycles. The number of nitrogens with one attached hydrogen (secondary N) is 1. The van der Waals surface area contributed by atoms with Gasteiger partial charge in [0.05, 0.1) is 11.4 Å². The lowest BCUT2D eigenvalue weighted by molar-refractivity contribution is 0.335. The second-order valence-corrected chi connectivity index (χ2v) is 5.91. The van der Waals surface area contributed by atoms with E-state index in [1.807, 2.05) is 0 Å². The molecule has 0 aromatic carbocycles. The van der Waals surface area contributed by atoms with Crippen LogP contribution in [0.25, 0.3) is 0 Å². The molecule has 4 heteroatoms. The van der Waals surface area contributed by atoms with Crippen LogP contribution in [-0.4, -0.2) is 16.3 Å². The van der Waals surface area contributed by atoms with Gasteiger partial charge in [-0.3, -0.25) is 4.79 Å². The van der Waals surface area contributed by atoms with Crippen molar-refractivity contribution in [2.24, 2.45) is 5.41 Å². The first-order chi connectivity index (χ1) is 7.96. The van der Waals surface area contributed by atoms with Crippen molar-refractivity contribution in [3.8, 4) is 0 Å². The molecule has 0 fully saturated rings. The van der Waals surface area contributed by atoms with Crippen LogP contribution in [0, 0.1) is 5.41 Å². The molecule has 2 rings (SSSR count). The fourth-order valence-corrected chi connectivity index (χ4v) is 1.95. The Bertz CT molecular complexity index is 457. The van der Waals surface area contributed by atoms with Crippen LogP contribution in [0.2, 0.25) is 0 Å². The smallest absolute Gasteiger partial charge is 0.268 e. The molecule has 1 N–H and O–H groups in total. The maximum atomic E-state index is 11.9. The number of anilines is 1. The van der Waals surface area contributed by atoms with Crippen LogP contribution >= 0.6 is 0 Å². The normalized spacial score (nSPS) is 15.2. The molecule has 0 atom stereocenters. The van der Waals surface area contributed by atoms with E-state index < -0.39 is 0 Å². The summed E-state index contributed by atoms with van der Waals surface area (Å²) in [5.41, 5.74) is 2.19. The van der Waals surface area contributed by atoms with E-state index in [0.717, 1.165) is 37.2 Å². The topological polar surface area (TPSA) is 46.9 Å². The van der Waals surface area contributed by atoms with Gasteiger partial charge in [0, 0.05) is 19.2 Å². The molecule has 1 aromatic rings. The molecule has 1 aromatic heterocycles. The van der Waals surface area contributed by atoms with E-state index in [9.17, 15) is 4.79 Å². The molecule has 94 valence electrons. The van der Waals surface area contributed by atoms with Crippen LogP contribution in [0.1, 0.15) is 39.3 Å². The lowest BCUT2D eigenvalue weighted by Gasteiger charge is -2.20. The first kappa shape index (κ1) is 12.1. The average Bonchev–Trinajstić information content (AvgIpc) is 2.25. The van der Waals surface area contributed by atoms with Crippen LogP contribution in [0.15, 0.2) is 10.9 Å². The zero-order valence-electron chi connectivity index (χ0n) is 10.9. The summed E-state index contributed by atoms with van der Waals surface area (Å²) in [5.74, 6) is 0.